The molecule has 5 heteroatoms. The van der Waals surface area contributed by atoms with Gasteiger partial charge in [-0.05, 0) is 48.8 Å². The number of carbonyl (C=O) groups is 1. The Balaban J connectivity index is 1.88. The van der Waals surface area contributed by atoms with Crippen molar-refractivity contribution in [3.8, 4) is 0 Å². The summed E-state index contributed by atoms with van der Waals surface area (Å²) in [5.41, 5.74) is 2.00. The first-order chi connectivity index (χ1) is 9.24. The summed E-state index contributed by atoms with van der Waals surface area (Å²) in [4.78, 5) is 15.7. The summed E-state index contributed by atoms with van der Waals surface area (Å²) in [6, 6.07) is 5.21. The van der Waals surface area contributed by atoms with E-state index < -0.39 is 5.97 Å². The summed E-state index contributed by atoms with van der Waals surface area (Å²) in [6.07, 6.45) is 5.32. The Morgan fingerprint density at radius 1 is 1.42 bits per heavy atom. The molecule has 0 spiro atoms. The zero-order chi connectivity index (χ0) is 13.2. The second kappa shape index (κ2) is 5.25. The van der Waals surface area contributed by atoms with Crippen molar-refractivity contribution < 1.29 is 9.90 Å². The molecule has 100 valence electrons. The fourth-order valence-electron chi connectivity index (χ4n) is 2.58. The molecule has 4 nitrogen and oxygen atoms in total. The van der Waals surface area contributed by atoms with Crippen LogP contribution in [0, 0.1) is 5.92 Å². The van der Waals surface area contributed by atoms with Crippen LogP contribution in [0.4, 0.5) is 0 Å². The highest BCUT2D eigenvalue weighted by molar-refractivity contribution is 7.99. The average Bonchev–Trinajstić information content (AvgIpc) is 2.81. The average molecular weight is 276 g/mol. The van der Waals surface area contributed by atoms with Crippen molar-refractivity contribution in [3.63, 3.8) is 0 Å². The van der Waals surface area contributed by atoms with E-state index in [-0.39, 0.29) is 5.69 Å². The van der Waals surface area contributed by atoms with Crippen LogP contribution in [0.3, 0.4) is 0 Å². The van der Waals surface area contributed by atoms with Crippen LogP contribution in [0.2, 0.25) is 0 Å². The first kappa shape index (κ1) is 12.5. The molecule has 1 aliphatic rings. The predicted molar refractivity (Wildman–Crippen MR) is 75.9 cm³/mol. The number of hydrogen-bond acceptors (Lipinski definition) is 3. The predicted octanol–water partition coefficient (Wildman–Crippen LogP) is 2.72. The van der Waals surface area contributed by atoms with Gasteiger partial charge < -0.3 is 5.11 Å². The largest absolute Gasteiger partial charge is 0.477 e. The van der Waals surface area contributed by atoms with Gasteiger partial charge in [0.2, 0.25) is 0 Å². The van der Waals surface area contributed by atoms with Crippen molar-refractivity contribution in [2.24, 2.45) is 5.92 Å². The van der Waals surface area contributed by atoms with Gasteiger partial charge in [0.1, 0.15) is 11.3 Å². The molecule has 2 aromatic rings. The highest BCUT2D eigenvalue weighted by Crippen LogP contribution is 2.25. The Kier molecular flexibility index (Phi) is 3.46. The Labute approximate surface area is 115 Å². The van der Waals surface area contributed by atoms with E-state index in [1.165, 1.54) is 24.3 Å². The number of rotatable bonds is 3. The standard InChI is InChI=1S/C14H16N2O2S/c17-14(18)12-2-1-3-13-15-11(9-16(12)13)8-10-4-6-19-7-5-10/h1-3,9-10H,4-8H2,(H,17,18). The van der Waals surface area contributed by atoms with E-state index in [2.05, 4.69) is 4.98 Å². The van der Waals surface area contributed by atoms with Crippen molar-refractivity contribution in [1.82, 2.24) is 9.38 Å². The summed E-state index contributed by atoms with van der Waals surface area (Å²) in [5.74, 6) is 2.25. The molecule has 0 unspecified atom stereocenters. The fraction of sp³-hybridized carbons (Fsp3) is 0.429. The third kappa shape index (κ3) is 2.61. The van der Waals surface area contributed by atoms with Crippen LogP contribution in [-0.2, 0) is 6.42 Å². The van der Waals surface area contributed by atoms with Gasteiger partial charge in [0, 0.05) is 6.20 Å². The Morgan fingerprint density at radius 2 is 2.21 bits per heavy atom. The van der Waals surface area contributed by atoms with Crippen LogP contribution >= 0.6 is 11.8 Å². The molecule has 1 saturated heterocycles. The molecular weight excluding hydrogens is 260 g/mol. The van der Waals surface area contributed by atoms with E-state index in [0.29, 0.717) is 5.92 Å². The maximum atomic E-state index is 11.2. The van der Waals surface area contributed by atoms with E-state index >= 15 is 0 Å². The van der Waals surface area contributed by atoms with E-state index in [9.17, 15) is 4.79 Å². The topological polar surface area (TPSA) is 54.6 Å². The van der Waals surface area contributed by atoms with Gasteiger partial charge in [-0.2, -0.15) is 11.8 Å². The minimum absolute atomic E-state index is 0.274. The van der Waals surface area contributed by atoms with E-state index in [4.69, 9.17) is 5.11 Å². The van der Waals surface area contributed by atoms with Crippen molar-refractivity contribution in [1.29, 1.82) is 0 Å². The molecule has 0 aromatic carbocycles. The molecule has 0 radical (unpaired) electrons. The van der Waals surface area contributed by atoms with Gasteiger partial charge in [0.15, 0.2) is 0 Å². The third-order valence-corrected chi connectivity index (χ3v) is 4.65. The third-order valence-electron chi connectivity index (χ3n) is 3.60. The van der Waals surface area contributed by atoms with Crippen LogP contribution in [0.15, 0.2) is 24.4 Å². The lowest BCUT2D eigenvalue weighted by Crippen LogP contribution is -2.12. The Morgan fingerprint density at radius 3 is 2.95 bits per heavy atom. The molecule has 0 atom stereocenters. The summed E-state index contributed by atoms with van der Waals surface area (Å²) in [7, 11) is 0. The number of aromatic nitrogens is 2. The first-order valence-corrected chi connectivity index (χ1v) is 7.67. The summed E-state index contributed by atoms with van der Waals surface area (Å²) in [6.45, 7) is 0. The van der Waals surface area contributed by atoms with Crippen LogP contribution in [0.25, 0.3) is 5.65 Å². The molecule has 0 saturated carbocycles. The van der Waals surface area contributed by atoms with E-state index in [0.717, 1.165) is 17.8 Å². The highest BCUT2D eigenvalue weighted by Gasteiger charge is 2.17. The van der Waals surface area contributed by atoms with Gasteiger partial charge in [-0.25, -0.2) is 9.78 Å². The van der Waals surface area contributed by atoms with Crippen molar-refractivity contribution in [3.05, 3.63) is 35.8 Å². The lowest BCUT2D eigenvalue weighted by molar-refractivity contribution is 0.0689. The van der Waals surface area contributed by atoms with Crippen molar-refractivity contribution in [2.45, 2.75) is 19.3 Å². The van der Waals surface area contributed by atoms with Gasteiger partial charge in [-0.15, -0.1) is 0 Å². The molecular formula is C14H16N2O2S. The number of nitrogens with zero attached hydrogens (tertiary/aromatic N) is 2. The van der Waals surface area contributed by atoms with E-state index in [1.54, 1.807) is 16.5 Å². The number of fused-ring (bicyclic) bond motifs is 1. The zero-order valence-electron chi connectivity index (χ0n) is 10.6. The highest BCUT2D eigenvalue weighted by atomic mass is 32.2. The Hall–Kier alpha value is -1.49. The molecule has 1 aliphatic heterocycles. The van der Waals surface area contributed by atoms with Gasteiger partial charge in [-0.1, -0.05) is 6.07 Å². The molecule has 1 fully saturated rings. The lowest BCUT2D eigenvalue weighted by Gasteiger charge is -2.19. The molecule has 1 N–H and O–H groups in total. The number of pyridine rings is 1. The summed E-state index contributed by atoms with van der Waals surface area (Å²) in [5, 5.41) is 9.16. The number of hydrogen-bond donors (Lipinski definition) is 1. The maximum Gasteiger partial charge on any atom is 0.352 e. The summed E-state index contributed by atoms with van der Waals surface area (Å²) >= 11 is 2.02. The molecule has 0 bridgehead atoms. The number of thioether (sulfide) groups is 1. The van der Waals surface area contributed by atoms with Crippen LogP contribution < -0.4 is 0 Å². The second-order valence-electron chi connectivity index (χ2n) is 4.94. The minimum Gasteiger partial charge on any atom is -0.477 e. The number of carboxylic acid groups (broad SMARTS) is 1. The zero-order valence-corrected chi connectivity index (χ0v) is 11.4. The van der Waals surface area contributed by atoms with Gasteiger partial charge in [0.25, 0.3) is 0 Å². The minimum atomic E-state index is -0.913. The van der Waals surface area contributed by atoms with Crippen molar-refractivity contribution >= 4 is 23.4 Å². The molecule has 0 amide bonds. The fourth-order valence-corrected chi connectivity index (χ4v) is 3.78. The van der Waals surface area contributed by atoms with E-state index in [1.807, 2.05) is 24.0 Å². The molecule has 19 heavy (non-hydrogen) atoms. The molecule has 3 rings (SSSR count). The number of carboxylic acids is 1. The lowest BCUT2D eigenvalue weighted by atomic mass is 9.97. The quantitative estimate of drug-likeness (QED) is 0.936. The maximum absolute atomic E-state index is 11.2. The molecule has 3 heterocycles. The Bertz CT molecular complexity index is 603. The number of aromatic carboxylic acids is 1. The van der Waals surface area contributed by atoms with Crippen LogP contribution in [0.1, 0.15) is 29.0 Å². The summed E-state index contributed by atoms with van der Waals surface area (Å²) < 4.78 is 1.68. The second-order valence-corrected chi connectivity index (χ2v) is 6.16. The van der Waals surface area contributed by atoms with Crippen molar-refractivity contribution in [2.75, 3.05) is 11.5 Å². The van der Waals surface area contributed by atoms with Gasteiger partial charge >= 0.3 is 5.97 Å². The van der Waals surface area contributed by atoms with Gasteiger partial charge in [0.05, 0.1) is 5.69 Å². The number of imidazole rings is 1. The first-order valence-electron chi connectivity index (χ1n) is 6.52. The monoisotopic (exact) mass is 276 g/mol. The SMILES string of the molecule is O=C(O)c1cccc2nc(CC3CCSCC3)cn12. The van der Waals surface area contributed by atoms with Crippen LogP contribution in [-0.4, -0.2) is 32.0 Å². The van der Waals surface area contributed by atoms with Gasteiger partial charge in [-0.3, -0.25) is 4.40 Å². The smallest absolute Gasteiger partial charge is 0.352 e. The molecule has 2 aromatic heterocycles. The van der Waals surface area contributed by atoms with Crippen LogP contribution in [0.5, 0.6) is 0 Å². The molecule has 0 aliphatic carbocycles. The normalized spacial score (nSPS) is 16.8.